The Kier molecular flexibility index (Phi) is 5.07. The highest BCUT2D eigenvalue weighted by atomic mass is 16.2. The fourth-order valence-corrected chi connectivity index (χ4v) is 1.50. The van der Waals surface area contributed by atoms with Crippen molar-refractivity contribution >= 4 is 17.5 Å². The number of anilines is 1. The molecule has 0 fully saturated rings. The zero-order valence-corrected chi connectivity index (χ0v) is 11.3. The average molecular weight is 259 g/mol. The van der Waals surface area contributed by atoms with Gasteiger partial charge in [-0.05, 0) is 26.0 Å². The topological polar surface area (TPSA) is 73.2 Å². The third kappa shape index (κ3) is 4.11. The van der Waals surface area contributed by atoms with E-state index in [1.54, 1.807) is 38.2 Å². The van der Waals surface area contributed by atoms with Crippen LogP contribution < -0.4 is 5.32 Å². The quantitative estimate of drug-likeness (QED) is 0.845. The minimum Gasteiger partial charge on any atom is -0.324 e. The summed E-state index contributed by atoms with van der Waals surface area (Å²) in [5, 5.41) is 11.3. The molecule has 5 nitrogen and oxygen atoms in total. The van der Waals surface area contributed by atoms with Gasteiger partial charge < -0.3 is 10.2 Å². The van der Waals surface area contributed by atoms with Crippen LogP contribution in [0.1, 0.15) is 30.6 Å². The molecule has 1 rings (SSSR count). The van der Waals surface area contributed by atoms with E-state index in [0.717, 1.165) is 0 Å². The molecule has 1 aromatic carbocycles. The van der Waals surface area contributed by atoms with E-state index in [0.29, 0.717) is 11.3 Å². The van der Waals surface area contributed by atoms with Crippen molar-refractivity contribution < 1.29 is 9.59 Å². The Hall–Kier alpha value is -2.35. The van der Waals surface area contributed by atoms with Crippen LogP contribution in [0, 0.1) is 11.3 Å². The molecule has 0 aliphatic heterocycles. The summed E-state index contributed by atoms with van der Waals surface area (Å²) in [4.78, 5) is 24.6. The van der Waals surface area contributed by atoms with Crippen LogP contribution in [-0.4, -0.2) is 29.8 Å². The summed E-state index contributed by atoms with van der Waals surface area (Å²) in [5.41, 5.74) is 1.11. The van der Waals surface area contributed by atoms with Crippen LogP contribution in [0.5, 0.6) is 0 Å². The Bertz CT molecular complexity index is 520. The normalized spacial score (nSPS) is 11.3. The largest absolute Gasteiger partial charge is 0.324 e. The molecule has 19 heavy (non-hydrogen) atoms. The number of urea groups is 1. The van der Waals surface area contributed by atoms with Gasteiger partial charge in [-0.25, -0.2) is 4.79 Å². The Morgan fingerprint density at radius 1 is 1.47 bits per heavy atom. The van der Waals surface area contributed by atoms with E-state index in [4.69, 9.17) is 5.26 Å². The molecule has 0 bridgehead atoms. The summed E-state index contributed by atoms with van der Waals surface area (Å²) < 4.78 is 0. The molecule has 0 spiro atoms. The minimum atomic E-state index is -0.302. The molecule has 0 radical (unpaired) electrons. The van der Waals surface area contributed by atoms with Gasteiger partial charge in [-0.15, -0.1) is 0 Å². The molecule has 1 N–H and O–H groups in total. The van der Waals surface area contributed by atoms with Gasteiger partial charge in [0.2, 0.25) is 0 Å². The molecular weight excluding hydrogens is 242 g/mol. The number of nitrogens with one attached hydrogen (secondary N) is 1. The van der Waals surface area contributed by atoms with Crippen LogP contribution in [0.4, 0.5) is 10.5 Å². The fourth-order valence-electron chi connectivity index (χ4n) is 1.50. The summed E-state index contributed by atoms with van der Waals surface area (Å²) in [5.74, 6) is -0.0534. The highest BCUT2D eigenvalue weighted by Crippen LogP contribution is 2.12. The van der Waals surface area contributed by atoms with E-state index >= 15 is 0 Å². The number of carbonyl (C=O) groups is 2. The van der Waals surface area contributed by atoms with Crippen LogP contribution in [0.15, 0.2) is 24.3 Å². The first-order valence-electron chi connectivity index (χ1n) is 5.97. The third-order valence-corrected chi connectivity index (χ3v) is 2.89. The van der Waals surface area contributed by atoms with Crippen LogP contribution in [0.2, 0.25) is 0 Å². The predicted octanol–water partition coefficient (Wildman–Crippen LogP) is 2.66. The first kappa shape index (κ1) is 14.7. The average Bonchev–Trinajstić information content (AvgIpc) is 2.38. The molecule has 1 aromatic rings. The van der Waals surface area contributed by atoms with E-state index in [9.17, 15) is 9.59 Å². The lowest BCUT2D eigenvalue weighted by Gasteiger charge is -2.23. The maximum Gasteiger partial charge on any atom is 0.321 e. The summed E-state index contributed by atoms with van der Waals surface area (Å²) in [6, 6.07) is 8.31. The number of carbonyl (C=O) groups excluding carboxylic acids is 2. The number of Topliss-reactive ketones (excluding diaryl/α,β-unsaturated/α-hetero) is 1. The number of ketones is 1. The minimum absolute atomic E-state index is 0.0534. The van der Waals surface area contributed by atoms with Crippen molar-refractivity contribution in [2.24, 2.45) is 0 Å². The van der Waals surface area contributed by atoms with Crippen molar-refractivity contribution in [2.45, 2.75) is 26.3 Å². The van der Waals surface area contributed by atoms with Crippen LogP contribution in [0.25, 0.3) is 0 Å². The lowest BCUT2D eigenvalue weighted by Crippen LogP contribution is -2.38. The maximum absolute atomic E-state index is 11.9. The summed E-state index contributed by atoms with van der Waals surface area (Å²) in [6.07, 6.45) is 0.275. The number of benzene rings is 1. The van der Waals surface area contributed by atoms with Crippen molar-refractivity contribution in [3.05, 3.63) is 29.8 Å². The molecule has 0 saturated heterocycles. The summed E-state index contributed by atoms with van der Waals surface area (Å²) in [6.45, 7) is 3.27. The Morgan fingerprint density at radius 3 is 2.74 bits per heavy atom. The van der Waals surface area contributed by atoms with Gasteiger partial charge in [-0.1, -0.05) is 12.1 Å². The number of nitriles is 1. The lowest BCUT2D eigenvalue weighted by atomic mass is 10.1. The maximum atomic E-state index is 11.9. The van der Waals surface area contributed by atoms with Gasteiger partial charge in [0.1, 0.15) is 0 Å². The smallest absolute Gasteiger partial charge is 0.321 e. The molecule has 1 atom stereocenters. The Balaban J connectivity index is 2.74. The van der Waals surface area contributed by atoms with Gasteiger partial charge in [0.25, 0.3) is 0 Å². The molecule has 5 heteroatoms. The van der Waals surface area contributed by atoms with Crippen molar-refractivity contribution in [1.29, 1.82) is 5.26 Å². The van der Waals surface area contributed by atoms with Gasteiger partial charge in [0.05, 0.1) is 12.5 Å². The number of amides is 2. The zero-order valence-electron chi connectivity index (χ0n) is 11.3. The molecule has 0 aliphatic rings. The second kappa shape index (κ2) is 6.55. The van der Waals surface area contributed by atoms with Crippen LogP contribution in [0.3, 0.4) is 0 Å². The van der Waals surface area contributed by atoms with Crippen molar-refractivity contribution in [3.8, 4) is 6.07 Å². The van der Waals surface area contributed by atoms with E-state index in [1.165, 1.54) is 11.8 Å². The third-order valence-electron chi connectivity index (χ3n) is 2.89. The van der Waals surface area contributed by atoms with Crippen molar-refractivity contribution in [1.82, 2.24) is 4.90 Å². The van der Waals surface area contributed by atoms with Gasteiger partial charge >= 0.3 is 6.03 Å². The fraction of sp³-hybridized carbons (Fsp3) is 0.357. The van der Waals surface area contributed by atoms with Crippen molar-refractivity contribution in [2.75, 3.05) is 12.4 Å². The SMILES string of the molecule is CC(=O)c1cccc(NC(=O)N(C)C(C)CC#N)c1. The monoisotopic (exact) mass is 259 g/mol. The first-order valence-corrected chi connectivity index (χ1v) is 5.97. The molecule has 0 aliphatic carbocycles. The molecule has 2 amide bonds. The number of rotatable bonds is 4. The van der Waals surface area contributed by atoms with E-state index in [-0.39, 0.29) is 24.3 Å². The van der Waals surface area contributed by atoms with E-state index in [1.807, 2.05) is 6.07 Å². The van der Waals surface area contributed by atoms with Crippen molar-refractivity contribution in [3.63, 3.8) is 0 Å². The van der Waals surface area contributed by atoms with E-state index in [2.05, 4.69) is 5.32 Å². The van der Waals surface area contributed by atoms with E-state index < -0.39 is 0 Å². The Labute approximate surface area is 112 Å². The molecular formula is C14H17N3O2. The highest BCUT2D eigenvalue weighted by Gasteiger charge is 2.15. The molecule has 0 heterocycles. The number of hydrogen-bond donors (Lipinski definition) is 1. The second-order valence-corrected chi connectivity index (χ2v) is 4.39. The van der Waals surface area contributed by atoms with Gasteiger partial charge in [0, 0.05) is 24.3 Å². The molecule has 0 saturated carbocycles. The standard InChI is InChI=1S/C14H17N3O2/c1-10(7-8-15)17(3)14(19)16-13-6-4-5-12(9-13)11(2)18/h4-6,9-10H,7H2,1-3H3,(H,16,19). The number of hydrogen-bond acceptors (Lipinski definition) is 3. The van der Waals surface area contributed by atoms with Crippen LogP contribution >= 0.6 is 0 Å². The van der Waals surface area contributed by atoms with Crippen LogP contribution in [-0.2, 0) is 0 Å². The molecule has 1 unspecified atom stereocenters. The summed E-state index contributed by atoms with van der Waals surface area (Å²) >= 11 is 0. The van der Waals surface area contributed by atoms with Gasteiger partial charge in [-0.3, -0.25) is 4.79 Å². The highest BCUT2D eigenvalue weighted by molar-refractivity contribution is 5.96. The van der Waals surface area contributed by atoms with Gasteiger partial charge in [-0.2, -0.15) is 5.26 Å². The lowest BCUT2D eigenvalue weighted by molar-refractivity contribution is 0.101. The molecule has 0 aromatic heterocycles. The first-order chi connectivity index (χ1) is 8.95. The zero-order chi connectivity index (χ0) is 14.4. The second-order valence-electron chi connectivity index (χ2n) is 4.39. The summed E-state index contributed by atoms with van der Waals surface area (Å²) in [7, 11) is 1.63. The predicted molar refractivity (Wildman–Crippen MR) is 72.9 cm³/mol. The Morgan fingerprint density at radius 2 is 2.16 bits per heavy atom. The number of nitrogens with zero attached hydrogens (tertiary/aromatic N) is 2. The molecule has 100 valence electrons. The van der Waals surface area contributed by atoms with Gasteiger partial charge in [0.15, 0.2) is 5.78 Å².